The smallest absolute Gasteiger partial charge is 0.195 e. The lowest BCUT2D eigenvalue weighted by molar-refractivity contribution is -0.147. The predicted octanol–water partition coefficient (Wildman–Crippen LogP) is 0.176. The molecule has 0 saturated heterocycles. The van der Waals surface area contributed by atoms with Gasteiger partial charge in [-0.1, -0.05) is 5.57 Å². The molecular formula is C11H16O4. The fourth-order valence-corrected chi connectivity index (χ4v) is 2.18. The fourth-order valence-electron chi connectivity index (χ4n) is 2.18. The number of aliphatic hydroxyl groups excluding tert-OH is 1. The number of carbonyl (C=O) groups excluding carboxylic acids is 1. The standard InChI is InChI=1S/C11H16O4/c1-6-3-7-4-9(12)11(2,14)10(13)8(7)5-15-6/h6,9,12,14H,3-5H2,1-2H3/t6-,9+,11+/m1/s1. The molecule has 1 aliphatic heterocycles. The van der Waals surface area contributed by atoms with E-state index in [2.05, 4.69) is 0 Å². The van der Waals surface area contributed by atoms with Crippen molar-refractivity contribution in [2.75, 3.05) is 6.61 Å². The molecule has 2 aliphatic rings. The molecule has 0 spiro atoms. The Kier molecular flexibility index (Phi) is 2.45. The van der Waals surface area contributed by atoms with Crippen LogP contribution in [0, 0.1) is 0 Å². The third kappa shape index (κ3) is 1.62. The molecule has 0 aromatic rings. The molecule has 2 rings (SSSR count). The van der Waals surface area contributed by atoms with Crippen molar-refractivity contribution in [3.63, 3.8) is 0 Å². The molecule has 0 radical (unpaired) electrons. The van der Waals surface area contributed by atoms with Gasteiger partial charge in [-0.05, 0) is 26.7 Å². The van der Waals surface area contributed by atoms with Crippen LogP contribution in [0.4, 0.5) is 0 Å². The van der Waals surface area contributed by atoms with Crippen LogP contribution in [0.25, 0.3) is 0 Å². The molecule has 15 heavy (non-hydrogen) atoms. The van der Waals surface area contributed by atoms with Crippen molar-refractivity contribution in [1.29, 1.82) is 0 Å². The molecule has 3 atom stereocenters. The number of ketones is 1. The number of ether oxygens (including phenoxy) is 1. The average Bonchev–Trinajstić information content (AvgIpc) is 2.15. The van der Waals surface area contributed by atoms with Gasteiger partial charge in [0.2, 0.25) is 0 Å². The van der Waals surface area contributed by atoms with E-state index in [1.54, 1.807) is 0 Å². The van der Waals surface area contributed by atoms with Crippen LogP contribution in [0.15, 0.2) is 11.1 Å². The molecule has 1 heterocycles. The fraction of sp³-hybridized carbons (Fsp3) is 0.727. The van der Waals surface area contributed by atoms with Crippen molar-refractivity contribution in [1.82, 2.24) is 0 Å². The van der Waals surface area contributed by atoms with Gasteiger partial charge in [0.05, 0.1) is 18.8 Å². The summed E-state index contributed by atoms with van der Waals surface area (Å²) in [5.41, 5.74) is -0.149. The van der Waals surface area contributed by atoms with Crippen LogP contribution < -0.4 is 0 Å². The van der Waals surface area contributed by atoms with E-state index in [1.807, 2.05) is 6.92 Å². The van der Waals surface area contributed by atoms with E-state index in [1.165, 1.54) is 6.92 Å². The second-order valence-electron chi connectivity index (χ2n) is 4.60. The van der Waals surface area contributed by atoms with Crippen LogP contribution in [-0.2, 0) is 9.53 Å². The molecule has 0 unspecified atom stereocenters. The van der Waals surface area contributed by atoms with Gasteiger partial charge in [-0.15, -0.1) is 0 Å². The Morgan fingerprint density at radius 2 is 2.13 bits per heavy atom. The van der Waals surface area contributed by atoms with Crippen LogP contribution in [0.1, 0.15) is 26.7 Å². The summed E-state index contributed by atoms with van der Waals surface area (Å²) < 4.78 is 5.37. The van der Waals surface area contributed by atoms with Gasteiger partial charge in [-0.2, -0.15) is 0 Å². The minimum atomic E-state index is -1.65. The zero-order valence-corrected chi connectivity index (χ0v) is 8.99. The molecule has 4 nitrogen and oxygen atoms in total. The maximum absolute atomic E-state index is 11.9. The summed E-state index contributed by atoms with van der Waals surface area (Å²) >= 11 is 0. The quantitative estimate of drug-likeness (QED) is 0.601. The Balaban J connectivity index is 2.35. The number of Topliss-reactive ketones (excluding diaryl/α,β-unsaturated/α-hetero) is 1. The summed E-state index contributed by atoms with van der Waals surface area (Å²) in [4.78, 5) is 11.9. The maximum Gasteiger partial charge on any atom is 0.195 e. The van der Waals surface area contributed by atoms with E-state index in [-0.39, 0.29) is 18.5 Å². The van der Waals surface area contributed by atoms with Gasteiger partial charge in [-0.3, -0.25) is 4.79 Å². The minimum Gasteiger partial charge on any atom is -0.389 e. The van der Waals surface area contributed by atoms with Gasteiger partial charge in [0.25, 0.3) is 0 Å². The number of hydrogen-bond donors (Lipinski definition) is 2. The SMILES string of the molecule is C[C@@H]1CC2=C(CO1)C(=O)[C@@](C)(O)[C@@H](O)C2. The van der Waals surface area contributed by atoms with Crippen LogP contribution >= 0.6 is 0 Å². The third-order valence-corrected chi connectivity index (χ3v) is 3.30. The predicted molar refractivity (Wildman–Crippen MR) is 53.3 cm³/mol. The van der Waals surface area contributed by atoms with Crippen LogP contribution in [0.2, 0.25) is 0 Å². The zero-order chi connectivity index (χ0) is 11.2. The summed E-state index contributed by atoms with van der Waals surface area (Å²) in [5, 5.41) is 19.5. The van der Waals surface area contributed by atoms with E-state index >= 15 is 0 Å². The second-order valence-corrected chi connectivity index (χ2v) is 4.60. The summed E-state index contributed by atoms with van der Waals surface area (Å²) in [6.45, 7) is 3.56. The van der Waals surface area contributed by atoms with E-state index < -0.39 is 11.7 Å². The average molecular weight is 212 g/mol. The molecule has 84 valence electrons. The van der Waals surface area contributed by atoms with Crippen LogP contribution in [-0.4, -0.2) is 40.4 Å². The summed E-state index contributed by atoms with van der Waals surface area (Å²) in [6.07, 6.45) is 0.150. The molecule has 0 fully saturated rings. The molecule has 0 bridgehead atoms. The normalized spacial score (nSPS) is 41.7. The third-order valence-electron chi connectivity index (χ3n) is 3.30. The summed E-state index contributed by atoms with van der Waals surface area (Å²) in [5.74, 6) is -0.386. The first-order chi connectivity index (χ1) is 6.93. The zero-order valence-electron chi connectivity index (χ0n) is 8.99. The lowest BCUT2D eigenvalue weighted by Crippen LogP contribution is -2.52. The van der Waals surface area contributed by atoms with Crippen LogP contribution in [0.5, 0.6) is 0 Å². The van der Waals surface area contributed by atoms with Gasteiger partial charge in [0.15, 0.2) is 11.4 Å². The topological polar surface area (TPSA) is 66.8 Å². The Hall–Kier alpha value is -0.710. The van der Waals surface area contributed by atoms with Crippen molar-refractivity contribution >= 4 is 5.78 Å². The van der Waals surface area contributed by atoms with E-state index in [4.69, 9.17) is 4.74 Å². The monoisotopic (exact) mass is 212 g/mol. The summed E-state index contributed by atoms with van der Waals surface area (Å²) in [6, 6.07) is 0. The first kappa shape index (κ1) is 10.8. The molecule has 0 amide bonds. The Labute approximate surface area is 88.6 Å². The molecule has 0 saturated carbocycles. The number of carbonyl (C=O) groups is 1. The Morgan fingerprint density at radius 3 is 2.80 bits per heavy atom. The Morgan fingerprint density at radius 1 is 1.47 bits per heavy atom. The van der Waals surface area contributed by atoms with Crippen molar-refractivity contribution in [2.45, 2.75) is 44.5 Å². The first-order valence-corrected chi connectivity index (χ1v) is 5.20. The highest BCUT2D eigenvalue weighted by atomic mass is 16.5. The van der Waals surface area contributed by atoms with Crippen LogP contribution in [0.3, 0.4) is 0 Å². The Bertz CT molecular complexity index is 329. The van der Waals surface area contributed by atoms with Crippen molar-refractivity contribution in [2.24, 2.45) is 0 Å². The lowest BCUT2D eigenvalue weighted by Gasteiger charge is -2.38. The number of hydrogen-bond acceptors (Lipinski definition) is 4. The number of rotatable bonds is 0. The molecule has 2 N–H and O–H groups in total. The van der Waals surface area contributed by atoms with E-state index in [0.29, 0.717) is 18.4 Å². The molecule has 0 aromatic heterocycles. The highest BCUT2D eigenvalue weighted by Gasteiger charge is 2.46. The highest BCUT2D eigenvalue weighted by Crippen LogP contribution is 2.35. The maximum atomic E-state index is 11.9. The van der Waals surface area contributed by atoms with Gasteiger partial charge < -0.3 is 14.9 Å². The van der Waals surface area contributed by atoms with Gasteiger partial charge >= 0.3 is 0 Å². The van der Waals surface area contributed by atoms with Crippen molar-refractivity contribution in [3.8, 4) is 0 Å². The van der Waals surface area contributed by atoms with E-state index in [0.717, 1.165) is 5.57 Å². The second kappa shape index (κ2) is 3.40. The first-order valence-electron chi connectivity index (χ1n) is 5.20. The molecule has 0 aromatic carbocycles. The summed E-state index contributed by atoms with van der Waals surface area (Å²) in [7, 11) is 0. The molecular weight excluding hydrogens is 196 g/mol. The van der Waals surface area contributed by atoms with Crippen molar-refractivity contribution < 1.29 is 19.7 Å². The van der Waals surface area contributed by atoms with E-state index in [9.17, 15) is 15.0 Å². The largest absolute Gasteiger partial charge is 0.389 e. The molecule has 4 heteroatoms. The highest BCUT2D eigenvalue weighted by molar-refractivity contribution is 6.04. The van der Waals surface area contributed by atoms with Gasteiger partial charge in [0.1, 0.15) is 0 Å². The van der Waals surface area contributed by atoms with Gasteiger partial charge in [0, 0.05) is 5.57 Å². The minimum absolute atomic E-state index is 0.0896. The number of aliphatic hydroxyl groups is 2. The molecule has 1 aliphatic carbocycles. The van der Waals surface area contributed by atoms with Crippen molar-refractivity contribution in [3.05, 3.63) is 11.1 Å². The van der Waals surface area contributed by atoms with Gasteiger partial charge in [-0.25, -0.2) is 0 Å². The lowest BCUT2D eigenvalue weighted by atomic mass is 9.76.